The van der Waals surface area contributed by atoms with Crippen LogP contribution in [0.15, 0.2) is 36.7 Å². The van der Waals surface area contributed by atoms with Gasteiger partial charge in [-0.2, -0.15) is 0 Å². The van der Waals surface area contributed by atoms with Gasteiger partial charge in [0, 0.05) is 34.5 Å². The Morgan fingerprint density at radius 2 is 2.22 bits per heavy atom. The number of benzene rings is 1. The van der Waals surface area contributed by atoms with Crippen molar-refractivity contribution in [3.05, 3.63) is 51.6 Å². The lowest BCUT2D eigenvalue weighted by Crippen LogP contribution is -2.70. The van der Waals surface area contributed by atoms with Gasteiger partial charge >= 0.3 is 0 Å². The van der Waals surface area contributed by atoms with Gasteiger partial charge in [0.2, 0.25) is 0 Å². The molecule has 2 aliphatic heterocycles. The molecule has 6 nitrogen and oxygen atoms in total. The predicted molar refractivity (Wildman–Crippen MR) is 109 cm³/mol. The number of nitrogens with one attached hydrogen (secondary N) is 1. The van der Waals surface area contributed by atoms with Crippen LogP contribution in [0.3, 0.4) is 0 Å². The zero-order chi connectivity index (χ0) is 19.2. The van der Waals surface area contributed by atoms with E-state index in [0.717, 1.165) is 15.6 Å². The van der Waals surface area contributed by atoms with Gasteiger partial charge in [-0.25, -0.2) is 4.39 Å². The van der Waals surface area contributed by atoms with Gasteiger partial charge in [0.25, 0.3) is 0 Å². The van der Waals surface area contributed by atoms with Crippen LogP contribution in [0.4, 0.5) is 15.8 Å². The summed E-state index contributed by atoms with van der Waals surface area (Å²) < 4.78 is 20.9. The molecule has 3 atom stereocenters. The molecule has 1 aromatic heterocycles. The molecule has 0 bridgehead atoms. The maximum absolute atomic E-state index is 14.2. The van der Waals surface area contributed by atoms with Crippen molar-refractivity contribution >= 4 is 34.0 Å². The second-order valence-corrected chi connectivity index (χ2v) is 8.43. The van der Waals surface area contributed by atoms with E-state index in [1.54, 1.807) is 18.5 Å². The normalized spacial score (nSPS) is 24.9. The van der Waals surface area contributed by atoms with Crippen LogP contribution in [0.5, 0.6) is 0 Å². The fourth-order valence-electron chi connectivity index (χ4n) is 3.55. The van der Waals surface area contributed by atoms with Crippen molar-refractivity contribution in [1.82, 2.24) is 9.88 Å². The summed E-state index contributed by atoms with van der Waals surface area (Å²) >= 11 is 2.08. The zero-order valence-electron chi connectivity index (χ0n) is 14.9. The van der Waals surface area contributed by atoms with E-state index in [0.29, 0.717) is 24.5 Å². The van der Waals surface area contributed by atoms with Crippen molar-refractivity contribution in [3.63, 3.8) is 0 Å². The van der Waals surface area contributed by atoms with Gasteiger partial charge in [0.05, 0.1) is 17.6 Å². The molecule has 4 N–H and O–H groups in total. The van der Waals surface area contributed by atoms with Gasteiger partial charge in [0.1, 0.15) is 23.8 Å². The molecule has 8 heteroatoms. The summed E-state index contributed by atoms with van der Waals surface area (Å²) in [5.41, 5.74) is 7.20. The largest absolute Gasteiger partial charge is 0.386 e. The molecular formula is C19H22FIN4O2. The molecule has 2 unspecified atom stereocenters. The minimum atomic E-state index is -0.838. The topological polar surface area (TPSA) is 86.9 Å². The summed E-state index contributed by atoms with van der Waals surface area (Å²) in [5, 5.41) is 13.6. The fourth-order valence-corrected chi connectivity index (χ4v) is 4.01. The number of pyridine rings is 1. The lowest BCUT2D eigenvalue weighted by atomic mass is 9.85. The molecule has 1 aromatic carbocycles. The average Bonchev–Trinajstić information content (AvgIpc) is 3.41. The summed E-state index contributed by atoms with van der Waals surface area (Å²) in [6.07, 6.45) is 3.87. The monoisotopic (exact) mass is 484 g/mol. The first kappa shape index (κ1) is 19.0. The molecule has 0 radical (unpaired) electrons. The lowest BCUT2D eigenvalue weighted by molar-refractivity contribution is -0.128. The number of epoxide rings is 1. The summed E-state index contributed by atoms with van der Waals surface area (Å²) in [4.78, 5) is 6.23. The van der Waals surface area contributed by atoms with Crippen LogP contribution in [0.1, 0.15) is 25.0 Å². The van der Waals surface area contributed by atoms with Crippen LogP contribution in [-0.2, 0) is 4.74 Å². The molecular weight excluding hydrogens is 462 g/mol. The van der Waals surface area contributed by atoms with Gasteiger partial charge in [-0.1, -0.05) is 6.92 Å². The summed E-state index contributed by atoms with van der Waals surface area (Å²) in [6, 6.07) is 6.68. The number of hydrogen-bond donors (Lipinski definition) is 3. The molecule has 0 spiro atoms. The van der Waals surface area contributed by atoms with Crippen LogP contribution in [0, 0.1) is 9.39 Å². The third-order valence-corrected chi connectivity index (χ3v) is 5.94. The number of halogens is 2. The molecule has 2 fully saturated rings. The quantitative estimate of drug-likeness (QED) is 0.432. The zero-order valence-corrected chi connectivity index (χ0v) is 17.1. The number of aromatic nitrogens is 1. The molecule has 144 valence electrons. The highest BCUT2D eigenvalue weighted by molar-refractivity contribution is 14.1. The first-order valence-corrected chi connectivity index (χ1v) is 10.0. The van der Waals surface area contributed by atoms with E-state index in [4.69, 9.17) is 10.5 Å². The maximum atomic E-state index is 14.2. The second-order valence-electron chi connectivity index (χ2n) is 7.18. The fraction of sp³-hybridized carbons (Fsp3) is 0.421. The van der Waals surface area contributed by atoms with Crippen molar-refractivity contribution in [2.45, 2.75) is 37.3 Å². The summed E-state index contributed by atoms with van der Waals surface area (Å²) in [7, 11) is 0. The van der Waals surface area contributed by atoms with E-state index in [9.17, 15) is 9.50 Å². The van der Waals surface area contributed by atoms with E-state index in [-0.39, 0.29) is 24.2 Å². The van der Waals surface area contributed by atoms with Gasteiger partial charge in [0.15, 0.2) is 0 Å². The van der Waals surface area contributed by atoms with E-state index >= 15 is 0 Å². The second kappa shape index (κ2) is 7.25. The number of nitrogens with zero attached hydrogens (tertiary/aromatic N) is 2. The van der Waals surface area contributed by atoms with Crippen molar-refractivity contribution in [2.24, 2.45) is 5.73 Å². The summed E-state index contributed by atoms with van der Waals surface area (Å²) in [5.74, 6) is -0.314. The minimum absolute atomic E-state index is 0.0983. The Hall–Kier alpha value is -1.33. The number of nitrogens with two attached hydrogens (primary N) is 1. The van der Waals surface area contributed by atoms with Crippen LogP contribution in [-0.4, -0.2) is 46.0 Å². The molecule has 0 saturated carbocycles. The number of rotatable bonds is 6. The lowest BCUT2D eigenvalue weighted by Gasteiger charge is -2.49. The van der Waals surface area contributed by atoms with Gasteiger partial charge in [-0.3, -0.25) is 9.88 Å². The SMILES string of the molecule is CC[C@H](N)C1(O)CN(C2OC2c2ccncc2Nc2ccc(I)cc2F)C1. The van der Waals surface area contributed by atoms with Crippen LogP contribution in [0.25, 0.3) is 0 Å². The van der Waals surface area contributed by atoms with E-state index in [1.165, 1.54) is 6.07 Å². The highest BCUT2D eigenvalue weighted by Gasteiger charge is 2.56. The smallest absolute Gasteiger partial charge is 0.147 e. The van der Waals surface area contributed by atoms with Gasteiger partial charge in [-0.05, 0) is 53.3 Å². The number of ether oxygens (including phenoxy) is 1. The molecule has 2 aliphatic rings. The Labute approximate surface area is 171 Å². The van der Waals surface area contributed by atoms with Crippen LogP contribution >= 0.6 is 22.6 Å². The number of β-amino-alcohol motifs (C(OH)–C–C–N with tert-alkyl or cyclic N) is 1. The standard InChI is InChI=1S/C19H22FIN4O2/c1-2-16(22)19(26)9-25(10-19)18-17(27-18)12-5-6-23-8-15(12)24-14-4-3-11(21)7-13(14)20/h3-8,16-18,24,26H,2,9-10,22H2,1H3/t16-,17?,18?/m0/s1. The highest BCUT2D eigenvalue weighted by Crippen LogP contribution is 2.47. The Balaban J connectivity index is 1.46. The molecule has 4 rings (SSSR count). The van der Waals surface area contributed by atoms with E-state index < -0.39 is 5.60 Å². The number of hydrogen-bond acceptors (Lipinski definition) is 6. The Morgan fingerprint density at radius 3 is 2.93 bits per heavy atom. The van der Waals surface area contributed by atoms with Crippen LogP contribution in [0.2, 0.25) is 0 Å². The minimum Gasteiger partial charge on any atom is -0.386 e. The average molecular weight is 484 g/mol. The van der Waals surface area contributed by atoms with Gasteiger partial charge < -0.3 is 20.9 Å². The molecule has 2 saturated heterocycles. The van der Waals surface area contributed by atoms with Crippen LogP contribution < -0.4 is 11.1 Å². The third kappa shape index (κ3) is 3.68. The van der Waals surface area contributed by atoms with Crippen molar-refractivity contribution in [1.29, 1.82) is 0 Å². The molecule has 3 heterocycles. The Morgan fingerprint density at radius 1 is 1.44 bits per heavy atom. The molecule has 0 aliphatic carbocycles. The Kier molecular flexibility index (Phi) is 5.10. The number of likely N-dealkylation sites (tertiary alicyclic amines) is 1. The van der Waals surface area contributed by atoms with Crippen molar-refractivity contribution in [2.75, 3.05) is 18.4 Å². The van der Waals surface area contributed by atoms with E-state index in [2.05, 4.69) is 37.8 Å². The van der Waals surface area contributed by atoms with E-state index in [1.807, 2.05) is 19.1 Å². The number of aliphatic hydroxyl groups is 1. The number of anilines is 2. The van der Waals surface area contributed by atoms with Gasteiger partial charge in [-0.15, -0.1) is 0 Å². The highest BCUT2D eigenvalue weighted by atomic mass is 127. The van der Waals surface area contributed by atoms with Crippen molar-refractivity contribution in [3.8, 4) is 0 Å². The Bertz CT molecular complexity index is 846. The summed E-state index contributed by atoms with van der Waals surface area (Å²) in [6.45, 7) is 2.98. The third-order valence-electron chi connectivity index (χ3n) is 5.27. The molecule has 27 heavy (non-hydrogen) atoms. The first-order valence-electron chi connectivity index (χ1n) is 8.95. The molecule has 2 aromatic rings. The predicted octanol–water partition coefficient (Wildman–Crippen LogP) is 2.75. The maximum Gasteiger partial charge on any atom is 0.147 e. The van der Waals surface area contributed by atoms with Crippen molar-refractivity contribution < 1.29 is 14.2 Å². The first-order chi connectivity index (χ1) is 12.9. The molecule has 0 amide bonds.